The summed E-state index contributed by atoms with van der Waals surface area (Å²) in [6.07, 6.45) is 2.91. The fourth-order valence-electron chi connectivity index (χ4n) is 5.78. The zero-order chi connectivity index (χ0) is 32.8. The number of nitrogens with zero attached hydrogens (tertiary/aromatic N) is 3. The van der Waals surface area contributed by atoms with Crippen LogP contribution in [-0.4, -0.2) is 60.3 Å². The molecule has 9 nitrogen and oxygen atoms in total. The topological polar surface area (TPSA) is 97.7 Å². The number of urea groups is 1. The van der Waals surface area contributed by atoms with E-state index in [0.717, 1.165) is 55.0 Å². The lowest BCUT2D eigenvalue weighted by Crippen LogP contribution is -2.38. The molecule has 3 aromatic carbocycles. The van der Waals surface area contributed by atoms with E-state index in [4.69, 9.17) is 14.6 Å². The molecule has 0 radical (unpaired) electrons. The minimum absolute atomic E-state index is 0.0304. The van der Waals surface area contributed by atoms with Crippen LogP contribution in [-0.2, 0) is 11.8 Å². The molecule has 242 valence electrons. The maximum absolute atomic E-state index is 13.2. The van der Waals surface area contributed by atoms with Gasteiger partial charge in [-0.15, -0.1) is 0 Å². The van der Waals surface area contributed by atoms with Crippen molar-refractivity contribution >= 4 is 23.3 Å². The Morgan fingerprint density at radius 2 is 1.65 bits per heavy atom. The molecule has 1 aliphatic heterocycles. The third-order valence-electron chi connectivity index (χ3n) is 8.49. The minimum Gasteiger partial charge on any atom is -0.497 e. The van der Waals surface area contributed by atoms with Crippen LogP contribution in [0, 0.1) is 12.8 Å². The zero-order valence-electron chi connectivity index (χ0n) is 27.7. The molecule has 0 unspecified atom stereocenters. The second kappa shape index (κ2) is 14.2. The Labute approximate surface area is 271 Å². The summed E-state index contributed by atoms with van der Waals surface area (Å²) >= 11 is 0. The molecule has 2 N–H and O–H groups in total. The molecular formula is C37H45N5O4. The van der Waals surface area contributed by atoms with Gasteiger partial charge >= 0.3 is 6.03 Å². The van der Waals surface area contributed by atoms with Crippen LogP contribution in [0.15, 0.2) is 72.8 Å². The number of nitrogens with one attached hydrogen (secondary N) is 2. The molecule has 0 spiro atoms. The monoisotopic (exact) mass is 623 g/mol. The molecule has 2 amide bonds. The third-order valence-corrected chi connectivity index (χ3v) is 8.49. The van der Waals surface area contributed by atoms with Gasteiger partial charge in [-0.25, -0.2) is 9.48 Å². The van der Waals surface area contributed by atoms with E-state index in [1.807, 2.05) is 55.5 Å². The Morgan fingerprint density at radius 1 is 0.913 bits per heavy atom. The summed E-state index contributed by atoms with van der Waals surface area (Å²) in [4.78, 5) is 28.5. The van der Waals surface area contributed by atoms with Gasteiger partial charge < -0.3 is 14.8 Å². The predicted octanol–water partition coefficient (Wildman–Crippen LogP) is 7.28. The van der Waals surface area contributed by atoms with Gasteiger partial charge in [-0.3, -0.25) is 15.0 Å². The summed E-state index contributed by atoms with van der Waals surface area (Å²) in [5.41, 5.74) is 5.22. The number of amides is 2. The second-order valence-corrected chi connectivity index (χ2v) is 13.1. The first kappa shape index (κ1) is 32.8. The zero-order valence-corrected chi connectivity index (χ0v) is 27.7. The summed E-state index contributed by atoms with van der Waals surface area (Å²) in [5.74, 6) is 2.34. The number of aryl methyl sites for hydroxylation is 1. The molecule has 5 rings (SSSR count). The Bertz CT molecular complexity index is 1660. The van der Waals surface area contributed by atoms with Crippen molar-refractivity contribution in [3.63, 3.8) is 0 Å². The van der Waals surface area contributed by atoms with Crippen molar-refractivity contribution < 1.29 is 19.1 Å². The molecule has 1 aliphatic rings. The number of likely N-dealkylation sites (tertiary alicyclic amines) is 1. The number of carbonyl (C=O) groups is 2. The van der Waals surface area contributed by atoms with Gasteiger partial charge in [-0.05, 0) is 93.2 Å². The Kier molecular flexibility index (Phi) is 10.1. The van der Waals surface area contributed by atoms with Crippen LogP contribution in [0.2, 0.25) is 0 Å². The standard InChI is InChI=1S/C37H45N5O4/c1-25-10-12-29(13-11-25)42-35(23-34(40-42)37(2,3)4)39-36(44)38-28-9-7-8-27(21-28)20-26-16-18-41(19-17-26)24-32(43)31-22-30(45-5)14-15-33(31)46-6/h7-15,21-23,26H,16-20,24H2,1-6H3,(H2,38,39,44). The van der Waals surface area contributed by atoms with E-state index in [9.17, 15) is 9.59 Å². The van der Waals surface area contributed by atoms with E-state index >= 15 is 0 Å². The van der Waals surface area contributed by atoms with Crippen LogP contribution in [0.5, 0.6) is 11.5 Å². The van der Waals surface area contributed by atoms with E-state index in [1.54, 1.807) is 37.1 Å². The fraction of sp³-hybridized carbons (Fsp3) is 0.378. The van der Waals surface area contributed by atoms with Crippen molar-refractivity contribution in [1.29, 1.82) is 0 Å². The number of ketones is 1. The molecule has 9 heteroatoms. The number of benzene rings is 3. The fourth-order valence-corrected chi connectivity index (χ4v) is 5.78. The molecule has 0 atom stereocenters. The van der Waals surface area contributed by atoms with Gasteiger partial charge in [0.15, 0.2) is 5.78 Å². The molecule has 0 bridgehead atoms. The molecule has 0 saturated carbocycles. The second-order valence-electron chi connectivity index (χ2n) is 13.1. The highest BCUT2D eigenvalue weighted by molar-refractivity contribution is 6.00. The van der Waals surface area contributed by atoms with Gasteiger partial charge in [-0.2, -0.15) is 5.10 Å². The Balaban J connectivity index is 1.17. The van der Waals surface area contributed by atoms with Gasteiger partial charge in [0, 0.05) is 17.2 Å². The first-order chi connectivity index (χ1) is 22.0. The first-order valence-corrected chi connectivity index (χ1v) is 15.8. The number of carbonyl (C=O) groups excluding carboxylic acids is 2. The number of piperidine rings is 1. The molecule has 0 aliphatic carbocycles. The summed E-state index contributed by atoms with van der Waals surface area (Å²) in [7, 11) is 3.17. The van der Waals surface area contributed by atoms with Crippen molar-refractivity contribution in [2.24, 2.45) is 5.92 Å². The van der Waals surface area contributed by atoms with E-state index < -0.39 is 0 Å². The lowest BCUT2D eigenvalue weighted by molar-refractivity contribution is 0.0892. The van der Waals surface area contributed by atoms with Crippen LogP contribution >= 0.6 is 0 Å². The highest BCUT2D eigenvalue weighted by atomic mass is 16.5. The molecule has 46 heavy (non-hydrogen) atoms. The van der Waals surface area contributed by atoms with E-state index in [2.05, 4.69) is 42.4 Å². The van der Waals surface area contributed by atoms with Gasteiger partial charge in [0.25, 0.3) is 0 Å². The summed E-state index contributed by atoms with van der Waals surface area (Å²) in [5, 5.41) is 10.8. The summed E-state index contributed by atoms with van der Waals surface area (Å²) < 4.78 is 12.5. The molecular weight excluding hydrogens is 578 g/mol. The number of hydrogen-bond donors (Lipinski definition) is 2. The smallest absolute Gasteiger partial charge is 0.324 e. The normalized spacial score (nSPS) is 14.1. The lowest BCUT2D eigenvalue weighted by atomic mass is 9.90. The van der Waals surface area contributed by atoms with Crippen molar-refractivity contribution in [1.82, 2.24) is 14.7 Å². The molecule has 1 fully saturated rings. The molecule has 1 saturated heterocycles. The van der Waals surface area contributed by atoms with Crippen molar-refractivity contribution in [3.8, 4) is 17.2 Å². The van der Waals surface area contributed by atoms with Crippen LogP contribution in [0.1, 0.15) is 60.8 Å². The average Bonchev–Trinajstić information content (AvgIpc) is 3.46. The minimum atomic E-state index is -0.323. The molecule has 4 aromatic rings. The SMILES string of the molecule is COc1ccc(OC)c(C(=O)CN2CCC(Cc3cccc(NC(=O)Nc4cc(C(C)(C)C)nn4-c4ccc(C)cc4)c3)CC2)c1. The average molecular weight is 624 g/mol. The number of rotatable bonds is 10. The number of Topliss-reactive ketones (excluding diaryl/α,β-unsaturated/α-hetero) is 1. The third kappa shape index (κ3) is 8.14. The van der Waals surface area contributed by atoms with Crippen LogP contribution in [0.25, 0.3) is 5.69 Å². The lowest BCUT2D eigenvalue weighted by Gasteiger charge is -2.31. The molecule has 1 aromatic heterocycles. The van der Waals surface area contributed by atoms with E-state index in [0.29, 0.717) is 35.3 Å². The highest BCUT2D eigenvalue weighted by Gasteiger charge is 2.24. The summed E-state index contributed by atoms with van der Waals surface area (Å²) in [6, 6.07) is 23.0. The molecule has 2 heterocycles. The Hall–Kier alpha value is -4.63. The Morgan fingerprint density at radius 3 is 2.33 bits per heavy atom. The summed E-state index contributed by atoms with van der Waals surface area (Å²) in [6.45, 7) is 10.4. The van der Waals surface area contributed by atoms with Crippen molar-refractivity contribution in [3.05, 3.63) is 95.2 Å². The highest BCUT2D eigenvalue weighted by Crippen LogP contribution is 2.28. The number of hydrogen-bond acceptors (Lipinski definition) is 6. The van der Waals surface area contributed by atoms with Gasteiger partial charge in [0.05, 0.1) is 37.7 Å². The van der Waals surface area contributed by atoms with Gasteiger partial charge in [0.2, 0.25) is 0 Å². The van der Waals surface area contributed by atoms with Gasteiger partial charge in [-0.1, -0.05) is 50.6 Å². The van der Waals surface area contributed by atoms with Crippen LogP contribution in [0.4, 0.5) is 16.3 Å². The maximum Gasteiger partial charge on any atom is 0.324 e. The van der Waals surface area contributed by atoms with Gasteiger partial charge in [0.1, 0.15) is 17.3 Å². The first-order valence-electron chi connectivity index (χ1n) is 15.8. The largest absolute Gasteiger partial charge is 0.497 e. The quantitative estimate of drug-likeness (QED) is 0.180. The van der Waals surface area contributed by atoms with Crippen LogP contribution < -0.4 is 20.1 Å². The number of methoxy groups -OCH3 is 2. The number of aromatic nitrogens is 2. The maximum atomic E-state index is 13.2. The van der Waals surface area contributed by atoms with E-state index in [1.165, 1.54) is 5.56 Å². The van der Waals surface area contributed by atoms with Crippen molar-refractivity contribution in [2.45, 2.75) is 52.4 Å². The predicted molar refractivity (Wildman–Crippen MR) is 183 cm³/mol. The van der Waals surface area contributed by atoms with Crippen molar-refractivity contribution in [2.75, 3.05) is 44.5 Å². The van der Waals surface area contributed by atoms with E-state index in [-0.39, 0.29) is 17.2 Å². The number of anilines is 2. The van der Waals surface area contributed by atoms with Crippen LogP contribution in [0.3, 0.4) is 0 Å². The number of ether oxygens (including phenoxy) is 2.